The molecule has 0 heterocycles. The van der Waals surface area contributed by atoms with Crippen molar-refractivity contribution >= 4 is 5.91 Å². The molecule has 0 saturated carbocycles. The van der Waals surface area contributed by atoms with Crippen LogP contribution in [0.15, 0.2) is 54.6 Å². The van der Waals surface area contributed by atoms with Crippen molar-refractivity contribution < 1.29 is 13.9 Å². The Kier molecular flexibility index (Phi) is 6.75. The normalized spacial score (nSPS) is 13.1. The van der Waals surface area contributed by atoms with E-state index in [9.17, 15) is 9.18 Å². The summed E-state index contributed by atoms with van der Waals surface area (Å²) in [6, 6.07) is 15.4. The van der Waals surface area contributed by atoms with Crippen LogP contribution in [0.25, 0.3) is 0 Å². The number of hydrogen-bond donors (Lipinski definition) is 2. The first-order valence-corrected chi connectivity index (χ1v) is 7.99. The van der Waals surface area contributed by atoms with E-state index in [0.717, 1.165) is 5.56 Å². The van der Waals surface area contributed by atoms with Crippen molar-refractivity contribution in [3.63, 3.8) is 0 Å². The minimum atomic E-state index is -0.417. The molecule has 0 radical (unpaired) electrons. The average Bonchev–Trinajstić information content (AvgIpc) is 2.60. The summed E-state index contributed by atoms with van der Waals surface area (Å²) in [6.45, 7) is 2.59. The van der Waals surface area contributed by atoms with Crippen molar-refractivity contribution in [2.45, 2.75) is 13.0 Å². The maximum absolute atomic E-state index is 13.7. The molecule has 24 heavy (non-hydrogen) atoms. The van der Waals surface area contributed by atoms with Crippen LogP contribution < -0.4 is 15.4 Å². The van der Waals surface area contributed by atoms with Gasteiger partial charge in [0, 0.05) is 12.5 Å². The Balaban J connectivity index is 2.09. The number of halogens is 1. The van der Waals surface area contributed by atoms with Crippen LogP contribution in [0.4, 0.5) is 4.39 Å². The molecular formula is C19H23FN2O2. The van der Waals surface area contributed by atoms with Gasteiger partial charge in [-0.25, -0.2) is 4.39 Å². The summed E-state index contributed by atoms with van der Waals surface area (Å²) >= 11 is 0. The molecule has 2 atom stereocenters. The number of amides is 1. The zero-order chi connectivity index (χ0) is 17.4. The topological polar surface area (TPSA) is 50.4 Å². The number of carbonyl (C=O) groups excluding carboxylic acids is 1. The second-order valence-corrected chi connectivity index (χ2v) is 5.67. The fraction of sp³-hybridized carbons (Fsp3) is 0.316. The summed E-state index contributed by atoms with van der Waals surface area (Å²) in [7, 11) is 1.81. The van der Waals surface area contributed by atoms with Gasteiger partial charge in [0.2, 0.25) is 5.91 Å². The van der Waals surface area contributed by atoms with Gasteiger partial charge in [-0.1, -0.05) is 49.4 Å². The van der Waals surface area contributed by atoms with E-state index in [0.29, 0.717) is 6.54 Å². The van der Waals surface area contributed by atoms with E-state index in [-0.39, 0.29) is 30.2 Å². The molecule has 0 aliphatic carbocycles. The van der Waals surface area contributed by atoms with Gasteiger partial charge in [-0.2, -0.15) is 0 Å². The molecule has 4 nitrogen and oxygen atoms in total. The summed E-state index contributed by atoms with van der Waals surface area (Å²) < 4.78 is 19.3. The minimum Gasteiger partial charge on any atom is -0.488 e. The third-order valence-corrected chi connectivity index (χ3v) is 3.72. The molecule has 2 aromatic rings. The van der Waals surface area contributed by atoms with E-state index in [1.165, 1.54) is 6.07 Å². The van der Waals surface area contributed by atoms with Crippen LogP contribution in [0.1, 0.15) is 18.5 Å². The molecule has 2 N–H and O–H groups in total. The molecule has 0 bridgehead atoms. The molecule has 0 fully saturated rings. The van der Waals surface area contributed by atoms with Gasteiger partial charge in [-0.3, -0.25) is 4.79 Å². The Labute approximate surface area is 142 Å². The molecule has 0 saturated heterocycles. The second-order valence-electron chi connectivity index (χ2n) is 5.67. The number of benzene rings is 2. The number of para-hydroxylation sites is 1. The van der Waals surface area contributed by atoms with Crippen LogP contribution in [0.5, 0.6) is 5.75 Å². The summed E-state index contributed by atoms with van der Waals surface area (Å²) in [5.74, 6) is -0.486. The van der Waals surface area contributed by atoms with Crippen LogP contribution in [0.2, 0.25) is 0 Å². The first-order valence-electron chi connectivity index (χ1n) is 7.99. The molecule has 1 amide bonds. The van der Waals surface area contributed by atoms with E-state index < -0.39 is 5.82 Å². The highest BCUT2D eigenvalue weighted by Gasteiger charge is 2.19. The Morgan fingerprint density at radius 2 is 1.79 bits per heavy atom. The Hall–Kier alpha value is -2.40. The van der Waals surface area contributed by atoms with Gasteiger partial charge in [-0.15, -0.1) is 0 Å². The summed E-state index contributed by atoms with van der Waals surface area (Å²) in [6.07, 6.45) is 0. The molecular weight excluding hydrogens is 307 g/mol. The van der Waals surface area contributed by atoms with Gasteiger partial charge in [0.1, 0.15) is 6.61 Å². The van der Waals surface area contributed by atoms with Gasteiger partial charge >= 0.3 is 0 Å². The van der Waals surface area contributed by atoms with Gasteiger partial charge in [-0.05, 0) is 24.7 Å². The lowest BCUT2D eigenvalue weighted by Gasteiger charge is -2.22. The number of nitrogens with one attached hydrogen (secondary N) is 2. The molecule has 5 heteroatoms. The lowest BCUT2D eigenvalue weighted by atomic mass is 10.1. The quantitative estimate of drug-likeness (QED) is 0.782. The smallest absolute Gasteiger partial charge is 0.224 e. The highest BCUT2D eigenvalue weighted by Crippen LogP contribution is 2.19. The zero-order valence-corrected chi connectivity index (χ0v) is 14.0. The molecule has 0 spiro atoms. The van der Waals surface area contributed by atoms with Gasteiger partial charge in [0.25, 0.3) is 0 Å². The predicted octanol–water partition coefficient (Wildman–Crippen LogP) is 2.92. The SMILES string of the molecule is CNCC(C)C(=O)NC(COc1ccccc1F)c1ccccc1. The Morgan fingerprint density at radius 3 is 2.46 bits per heavy atom. The Morgan fingerprint density at radius 1 is 1.12 bits per heavy atom. The van der Waals surface area contributed by atoms with E-state index >= 15 is 0 Å². The zero-order valence-electron chi connectivity index (χ0n) is 14.0. The van der Waals surface area contributed by atoms with Crippen molar-refractivity contribution in [2.75, 3.05) is 20.2 Å². The molecule has 0 aromatic heterocycles. The number of carbonyl (C=O) groups is 1. The fourth-order valence-corrected chi connectivity index (χ4v) is 2.35. The maximum Gasteiger partial charge on any atom is 0.224 e. The largest absolute Gasteiger partial charge is 0.488 e. The first kappa shape index (κ1) is 17.9. The van der Waals surface area contributed by atoms with E-state index in [4.69, 9.17) is 4.74 Å². The predicted molar refractivity (Wildman–Crippen MR) is 92.3 cm³/mol. The van der Waals surface area contributed by atoms with Gasteiger partial charge in [0.15, 0.2) is 11.6 Å². The molecule has 0 aliphatic heterocycles. The number of rotatable bonds is 8. The third kappa shape index (κ3) is 5.06. The van der Waals surface area contributed by atoms with E-state index in [2.05, 4.69) is 10.6 Å². The molecule has 0 aliphatic rings. The molecule has 2 rings (SSSR count). The number of hydrogen-bond acceptors (Lipinski definition) is 3. The maximum atomic E-state index is 13.7. The standard InChI is InChI=1S/C19H23FN2O2/c1-14(12-21-2)19(23)22-17(15-8-4-3-5-9-15)13-24-18-11-7-6-10-16(18)20/h3-11,14,17,21H,12-13H2,1-2H3,(H,22,23). The van der Waals surface area contributed by atoms with Crippen molar-refractivity contribution in [3.05, 3.63) is 66.0 Å². The molecule has 128 valence electrons. The highest BCUT2D eigenvalue weighted by atomic mass is 19.1. The van der Waals surface area contributed by atoms with Crippen LogP contribution in [0, 0.1) is 11.7 Å². The minimum absolute atomic E-state index is 0.0738. The van der Waals surface area contributed by atoms with Crippen molar-refractivity contribution in [1.29, 1.82) is 0 Å². The highest BCUT2D eigenvalue weighted by molar-refractivity contribution is 5.79. The lowest BCUT2D eigenvalue weighted by molar-refractivity contribution is -0.125. The summed E-state index contributed by atoms with van der Waals surface area (Å²) in [4.78, 5) is 12.3. The monoisotopic (exact) mass is 330 g/mol. The Bertz CT molecular complexity index is 649. The summed E-state index contributed by atoms with van der Waals surface area (Å²) in [5.41, 5.74) is 0.916. The molecule has 2 unspecified atom stereocenters. The van der Waals surface area contributed by atoms with Crippen molar-refractivity contribution in [2.24, 2.45) is 5.92 Å². The molecule has 2 aromatic carbocycles. The fourth-order valence-electron chi connectivity index (χ4n) is 2.35. The summed E-state index contributed by atoms with van der Waals surface area (Å²) in [5, 5.41) is 5.97. The van der Waals surface area contributed by atoms with Gasteiger partial charge in [0.05, 0.1) is 6.04 Å². The van der Waals surface area contributed by atoms with Crippen LogP contribution in [-0.2, 0) is 4.79 Å². The average molecular weight is 330 g/mol. The first-order chi connectivity index (χ1) is 11.6. The lowest BCUT2D eigenvalue weighted by Crippen LogP contribution is -2.38. The second kappa shape index (κ2) is 9.03. The van der Waals surface area contributed by atoms with E-state index in [1.54, 1.807) is 25.2 Å². The van der Waals surface area contributed by atoms with Crippen LogP contribution >= 0.6 is 0 Å². The van der Waals surface area contributed by atoms with Crippen molar-refractivity contribution in [3.8, 4) is 5.75 Å². The third-order valence-electron chi connectivity index (χ3n) is 3.72. The van der Waals surface area contributed by atoms with Crippen LogP contribution in [0.3, 0.4) is 0 Å². The van der Waals surface area contributed by atoms with Crippen LogP contribution in [-0.4, -0.2) is 26.1 Å². The number of ether oxygens (including phenoxy) is 1. The van der Waals surface area contributed by atoms with Crippen molar-refractivity contribution in [1.82, 2.24) is 10.6 Å². The van der Waals surface area contributed by atoms with Gasteiger partial charge < -0.3 is 15.4 Å². The van der Waals surface area contributed by atoms with E-state index in [1.807, 2.05) is 37.3 Å².